The fourth-order valence-electron chi connectivity index (χ4n) is 7.56. The van der Waals surface area contributed by atoms with Gasteiger partial charge in [0.2, 0.25) is 21.8 Å². The Morgan fingerprint density at radius 2 is 1.86 bits per heavy atom. The number of halogens is 3. The lowest BCUT2D eigenvalue weighted by Gasteiger charge is -2.30. The summed E-state index contributed by atoms with van der Waals surface area (Å²) in [6, 6.07) is 9.10. The summed E-state index contributed by atoms with van der Waals surface area (Å²) in [4.78, 5) is 60.3. The lowest BCUT2D eigenvalue weighted by Crippen LogP contribution is -2.58. The zero-order valence-corrected chi connectivity index (χ0v) is 30.7. The maximum atomic E-state index is 14.3. The molecule has 0 bridgehead atoms. The van der Waals surface area contributed by atoms with Gasteiger partial charge in [-0.2, -0.15) is 13.2 Å². The first kappa shape index (κ1) is 37.5. The van der Waals surface area contributed by atoms with Crippen molar-refractivity contribution < 1.29 is 54.3 Å². The zero-order valence-electron chi connectivity index (χ0n) is 29.8. The van der Waals surface area contributed by atoms with Crippen LogP contribution in [0.2, 0.25) is 0 Å². The quantitative estimate of drug-likeness (QED) is 0.222. The molecule has 4 aliphatic rings. The standard InChI is InChI=1S/C38H38F3N5O9S/c39-38(40,41)36(50)43-25-11-5-3-1-2-4-9-21-19-37(21,35(49)45-56(51,52)23-14-15-23)44-33(47)27-17-22(20-46(27)34(25)48)54-30-18-26(29-13-8-16-53-29)42-31-24-10-6-7-12-28(24)55-32(30)31/h4,6-10,12-13,16,18,21-23,25,27H,1-3,5,11,14-15,17,19-20H2,(H,43,50)(H,44,47)(H,45,49)/b9-4-/t21-,22-,25+,27+,37-/m1/s1. The predicted molar refractivity (Wildman–Crippen MR) is 193 cm³/mol. The van der Waals surface area contributed by atoms with Crippen molar-refractivity contribution in [2.75, 3.05) is 6.54 Å². The molecule has 3 aromatic heterocycles. The Morgan fingerprint density at radius 3 is 2.61 bits per heavy atom. The zero-order chi connectivity index (χ0) is 39.4. The third-order valence-corrected chi connectivity index (χ3v) is 12.6. The molecule has 2 aliphatic heterocycles. The summed E-state index contributed by atoms with van der Waals surface area (Å²) in [6.07, 6.45) is 1.29. The number of carbonyl (C=O) groups is 4. The van der Waals surface area contributed by atoms with Crippen LogP contribution < -0.4 is 20.1 Å². The number of pyridine rings is 1. The Morgan fingerprint density at radius 1 is 1.05 bits per heavy atom. The number of ether oxygens (including phenoxy) is 1. The molecule has 4 aromatic rings. The Hall–Kier alpha value is -5.39. The Kier molecular flexibility index (Phi) is 9.57. The molecule has 0 spiro atoms. The lowest BCUT2D eigenvalue weighted by atomic mass is 10.0. The van der Waals surface area contributed by atoms with Crippen molar-refractivity contribution in [1.82, 2.24) is 25.2 Å². The van der Waals surface area contributed by atoms with Crippen molar-refractivity contribution in [3.05, 3.63) is 60.9 Å². The van der Waals surface area contributed by atoms with E-state index in [1.54, 1.807) is 36.4 Å². The molecule has 5 heterocycles. The molecule has 0 radical (unpaired) electrons. The van der Waals surface area contributed by atoms with E-state index in [1.165, 1.54) is 6.26 Å². The molecule has 0 unspecified atom stereocenters. The molecule has 2 aliphatic carbocycles. The van der Waals surface area contributed by atoms with Crippen LogP contribution in [0.1, 0.15) is 57.8 Å². The minimum absolute atomic E-state index is 0.0860. The first-order valence-electron chi connectivity index (χ1n) is 18.5. The molecule has 1 saturated heterocycles. The van der Waals surface area contributed by atoms with E-state index in [9.17, 15) is 40.8 Å². The first-order valence-corrected chi connectivity index (χ1v) is 20.0. The van der Waals surface area contributed by atoms with E-state index in [4.69, 9.17) is 18.6 Å². The molecule has 18 heteroatoms. The van der Waals surface area contributed by atoms with Crippen molar-refractivity contribution >= 4 is 55.7 Å². The first-order chi connectivity index (χ1) is 26.7. The minimum Gasteiger partial charge on any atom is -0.484 e. The van der Waals surface area contributed by atoms with Gasteiger partial charge in [-0.15, -0.1) is 0 Å². The van der Waals surface area contributed by atoms with E-state index < -0.39 is 74.7 Å². The molecular weight excluding hydrogens is 760 g/mol. The van der Waals surface area contributed by atoms with Gasteiger partial charge in [0.25, 0.3) is 5.91 Å². The fourth-order valence-corrected chi connectivity index (χ4v) is 8.92. The minimum atomic E-state index is -5.28. The van der Waals surface area contributed by atoms with Crippen LogP contribution in [0.5, 0.6) is 5.75 Å². The van der Waals surface area contributed by atoms with Crippen LogP contribution in [-0.2, 0) is 29.2 Å². The number of allylic oxidation sites excluding steroid dienone is 1. The molecule has 296 valence electrons. The molecule has 4 amide bonds. The highest BCUT2D eigenvalue weighted by Gasteiger charge is 2.62. The van der Waals surface area contributed by atoms with Gasteiger partial charge in [-0.05, 0) is 62.8 Å². The second kappa shape index (κ2) is 14.3. The lowest BCUT2D eigenvalue weighted by molar-refractivity contribution is -0.175. The maximum absolute atomic E-state index is 14.3. The predicted octanol–water partition coefficient (Wildman–Crippen LogP) is 4.64. The molecule has 2 saturated carbocycles. The summed E-state index contributed by atoms with van der Waals surface area (Å²) in [7, 11) is -3.99. The number of rotatable bonds is 7. The van der Waals surface area contributed by atoms with Crippen LogP contribution in [0.4, 0.5) is 13.2 Å². The number of nitrogens with zero attached hydrogens (tertiary/aromatic N) is 2. The number of fused-ring (bicyclic) bond motifs is 5. The van der Waals surface area contributed by atoms with Gasteiger partial charge in [-0.25, -0.2) is 13.4 Å². The van der Waals surface area contributed by atoms with Gasteiger partial charge in [-0.3, -0.25) is 23.9 Å². The topological polar surface area (TPSA) is 190 Å². The summed E-state index contributed by atoms with van der Waals surface area (Å²) >= 11 is 0. The van der Waals surface area contributed by atoms with Crippen molar-refractivity contribution in [2.24, 2.45) is 5.92 Å². The number of hydrogen-bond donors (Lipinski definition) is 3. The maximum Gasteiger partial charge on any atom is 0.471 e. The summed E-state index contributed by atoms with van der Waals surface area (Å²) in [5, 5.41) is 4.53. The van der Waals surface area contributed by atoms with E-state index in [0.29, 0.717) is 66.5 Å². The largest absolute Gasteiger partial charge is 0.484 e. The number of sulfonamides is 1. The monoisotopic (exact) mass is 797 g/mol. The number of hydrogen-bond acceptors (Lipinski definition) is 10. The van der Waals surface area contributed by atoms with Crippen molar-refractivity contribution in [1.29, 1.82) is 0 Å². The number of aromatic nitrogens is 1. The van der Waals surface area contributed by atoms with Gasteiger partial charge in [0.05, 0.1) is 18.1 Å². The van der Waals surface area contributed by atoms with E-state index >= 15 is 0 Å². The van der Waals surface area contributed by atoms with Gasteiger partial charge >= 0.3 is 12.1 Å². The Labute approximate surface area is 318 Å². The van der Waals surface area contributed by atoms with Crippen molar-refractivity contribution in [3.63, 3.8) is 0 Å². The molecule has 14 nitrogen and oxygen atoms in total. The molecule has 56 heavy (non-hydrogen) atoms. The highest BCUT2D eigenvalue weighted by Crippen LogP contribution is 2.46. The van der Waals surface area contributed by atoms with E-state index in [-0.39, 0.29) is 37.1 Å². The SMILES string of the molecule is O=C1N[C@]2(C(=O)NS(=O)(=O)C3CC3)C[C@H]2/C=C\CCCCC[C@H](NC(=O)C(F)(F)F)C(=O)N2C[C@H](Oc3cc(-c4ccco4)nc4c3oc3ccccc34)C[C@@H]12. The number of furan rings is 2. The molecule has 1 aromatic carbocycles. The van der Waals surface area contributed by atoms with Crippen LogP contribution in [0.15, 0.2) is 69.7 Å². The smallest absolute Gasteiger partial charge is 0.471 e. The van der Waals surface area contributed by atoms with Crippen molar-refractivity contribution in [3.8, 4) is 17.2 Å². The number of carbonyl (C=O) groups excluding carboxylic acids is 4. The van der Waals surface area contributed by atoms with Gasteiger partial charge in [0.15, 0.2) is 17.1 Å². The number of alkyl halides is 3. The van der Waals surface area contributed by atoms with Gasteiger partial charge in [0, 0.05) is 23.8 Å². The van der Waals surface area contributed by atoms with E-state index in [2.05, 4.69) is 10.0 Å². The van der Waals surface area contributed by atoms with Gasteiger partial charge < -0.3 is 29.1 Å². The average molecular weight is 798 g/mol. The summed E-state index contributed by atoms with van der Waals surface area (Å²) in [5.41, 5.74) is -0.0482. The summed E-state index contributed by atoms with van der Waals surface area (Å²) in [6.45, 7) is -0.298. The molecular formula is C38H38F3N5O9S. The fraction of sp³-hybridized carbons (Fsp3) is 0.447. The second-order valence-corrected chi connectivity index (χ2v) is 16.7. The van der Waals surface area contributed by atoms with Crippen LogP contribution in [0, 0.1) is 5.92 Å². The molecule has 5 atom stereocenters. The van der Waals surface area contributed by atoms with Crippen LogP contribution in [0.25, 0.3) is 33.5 Å². The highest BCUT2D eigenvalue weighted by molar-refractivity contribution is 7.91. The van der Waals surface area contributed by atoms with Crippen LogP contribution >= 0.6 is 0 Å². The summed E-state index contributed by atoms with van der Waals surface area (Å²) < 4.78 is 86.5. The Bertz CT molecular complexity index is 2340. The highest BCUT2D eigenvalue weighted by atomic mass is 32.2. The number of benzene rings is 1. The van der Waals surface area contributed by atoms with Gasteiger partial charge in [0.1, 0.15) is 40.5 Å². The van der Waals surface area contributed by atoms with Crippen molar-refractivity contribution in [2.45, 2.75) is 92.9 Å². The van der Waals surface area contributed by atoms with Crippen LogP contribution in [0.3, 0.4) is 0 Å². The average Bonchev–Trinajstić information content (AvgIpc) is 3.95. The third-order valence-electron chi connectivity index (χ3n) is 10.8. The second-order valence-electron chi connectivity index (χ2n) is 14.8. The van der Waals surface area contributed by atoms with Gasteiger partial charge in [-0.1, -0.05) is 37.1 Å². The number of nitrogens with one attached hydrogen (secondary N) is 3. The third kappa shape index (κ3) is 7.33. The Balaban J connectivity index is 1.15. The van der Waals surface area contributed by atoms with E-state index in [1.807, 2.05) is 23.5 Å². The van der Waals surface area contributed by atoms with E-state index in [0.717, 1.165) is 4.90 Å². The number of amides is 4. The molecule has 3 N–H and O–H groups in total. The van der Waals surface area contributed by atoms with Crippen LogP contribution in [-0.4, -0.2) is 83.6 Å². The normalized spacial score (nSPS) is 26.7. The number of para-hydroxylation sites is 1. The molecule has 3 fully saturated rings. The summed E-state index contributed by atoms with van der Waals surface area (Å²) in [5.74, 6) is -4.94. The molecule has 8 rings (SSSR count).